The molecule has 0 fully saturated rings. The minimum atomic E-state index is 0.460. The van der Waals surface area contributed by atoms with Gasteiger partial charge in [-0.05, 0) is 48.1 Å². The molecule has 0 heterocycles. The Hall–Kier alpha value is -0.310. The van der Waals surface area contributed by atoms with Crippen molar-refractivity contribution < 1.29 is 0 Å². The van der Waals surface area contributed by atoms with Crippen LogP contribution < -0.4 is 0 Å². The van der Waals surface area contributed by atoms with Crippen LogP contribution in [-0.4, -0.2) is 5.88 Å². The molecule has 0 aliphatic carbocycles. The highest BCUT2D eigenvalue weighted by Gasteiger charge is 2.11. The Morgan fingerprint density at radius 1 is 0.895 bits per heavy atom. The van der Waals surface area contributed by atoms with E-state index in [4.69, 9.17) is 11.6 Å². The summed E-state index contributed by atoms with van der Waals surface area (Å²) in [5, 5.41) is 0. The first kappa shape index (κ1) is 15.1. The molecular weight excluding hydrogens is 387 g/mol. The maximum Gasteiger partial charge on any atom is 0.0258 e. The van der Waals surface area contributed by atoms with Crippen LogP contribution in [0.5, 0.6) is 0 Å². The van der Waals surface area contributed by atoms with Gasteiger partial charge in [0.05, 0.1) is 0 Å². The Kier molecular flexibility index (Phi) is 5.93. The normalized spacial score (nSPS) is 12.4. The molecule has 0 aliphatic heterocycles. The van der Waals surface area contributed by atoms with Gasteiger partial charge in [0.1, 0.15) is 0 Å². The van der Waals surface area contributed by atoms with E-state index < -0.39 is 0 Å². The number of benzene rings is 2. The molecule has 0 amide bonds. The van der Waals surface area contributed by atoms with Gasteiger partial charge in [-0.1, -0.05) is 62.2 Å². The lowest BCUT2D eigenvalue weighted by Crippen LogP contribution is -2.10. The molecule has 0 radical (unpaired) electrons. The van der Waals surface area contributed by atoms with Crippen molar-refractivity contribution in [2.24, 2.45) is 5.92 Å². The van der Waals surface area contributed by atoms with Crippen molar-refractivity contribution in [3.8, 4) is 0 Å². The summed E-state index contributed by atoms with van der Waals surface area (Å²) in [5.41, 5.74) is 2.66. The van der Waals surface area contributed by atoms with Crippen molar-refractivity contribution in [1.82, 2.24) is 0 Å². The van der Waals surface area contributed by atoms with Gasteiger partial charge in [0.15, 0.2) is 0 Å². The van der Waals surface area contributed by atoms with Crippen molar-refractivity contribution in [3.63, 3.8) is 0 Å². The molecule has 0 nitrogen and oxygen atoms in total. The summed E-state index contributed by atoms with van der Waals surface area (Å²) >= 11 is 13.2. The van der Waals surface area contributed by atoms with Crippen LogP contribution in [0.15, 0.2) is 57.5 Å². The monoisotopic (exact) mass is 400 g/mol. The molecule has 1 unspecified atom stereocenters. The average Bonchev–Trinajstić information content (AvgIpc) is 2.43. The summed E-state index contributed by atoms with van der Waals surface area (Å²) in [5.74, 6) is 1.14. The highest BCUT2D eigenvalue weighted by molar-refractivity contribution is 9.10. The van der Waals surface area contributed by atoms with Crippen molar-refractivity contribution in [2.45, 2.75) is 12.8 Å². The van der Waals surface area contributed by atoms with Crippen molar-refractivity contribution in [1.29, 1.82) is 0 Å². The Labute approximate surface area is 136 Å². The molecule has 0 N–H and O–H groups in total. The Morgan fingerprint density at radius 2 is 1.58 bits per heavy atom. The topological polar surface area (TPSA) is 0 Å². The molecule has 0 bridgehead atoms. The second-order valence-corrected chi connectivity index (χ2v) is 6.73. The fourth-order valence-corrected chi connectivity index (χ4v) is 3.04. The van der Waals surface area contributed by atoms with Gasteiger partial charge in [0, 0.05) is 14.8 Å². The highest BCUT2D eigenvalue weighted by Crippen LogP contribution is 2.23. The Balaban J connectivity index is 2.05. The van der Waals surface area contributed by atoms with Gasteiger partial charge >= 0.3 is 0 Å². The van der Waals surface area contributed by atoms with Gasteiger partial charge in [-0.2, -0.15) is 0 Å². The summed E-state index contributed by atoms with van der Waals surface area (Å²) in [4.78, 5) is 0. The van der Waals surface area contributed by atoms with Gasteiger partial charge in [-0.25, -0.2) is 0 Å². The predicted molar refractivity (Wildman–Crippen MR) is 89.9 cm³/mol. The van der Waals surface area contributed by atoms with Crippen LogP contribution in [0.2, 0.25) is 0 Å². The van der Waals surface area contributed by atoms with E-state index in [-0.39, 0.29) is 0 Å². The maximum atomic E-state index is 6.13. The van der Waals surface area contributed by atoms with Gasteiger partial charge in [-0.15, -0.1) is 11.6 Å². The zero-order valence-electron chi connectivity index (χ0n) is 10.5. The third-order valence-electron chi connectivity index (χ3n) is 3.12. The molecule has 0 aliphatic rings. The Morgan fingerprint density at radius 3 is 2.21 bits per heavy atom. The van der Waals surface area contributed by atoms with E-state index in [0.29, 0.717) is 11.8 Å². The van der Waals surface area contributed by atoms with Crippen LogP contribution in [0.4, 0.5) is 0 Å². The molecule has 0 spiro atoms. The van der Waals surface area contributed by atoms with Gasteiger partial charge < -0.3 is 0 Å². The first-order chi connectivity index (χ1) is 9.19. The molecule has 19 heavy (non-hydrogen) atoms. The smallest absolute Gasteiger partial charge is 0.0258 e. The summed E-state index contributed by atoms with van der Waals surface area (Å²) in [6, 6.07) is 16.8. The molecule has 3 heteroatoms. The number of hydrogen-bond acceptors (Lipinski definition) is 0. The molecule has 0 saturated heterocycles. The molecule has 1 atom stereocenters. The number of halogens is 3. The largest absolute Gasteiger partial charge is 0.126 e. The van der Waals surface area contributed by atoms with Crippen LogP contribution in [0.3, 0.4) is 0 Å². The fourth-order valence-electron chi connectivity index (χ4n) is 2.11. The lowest BCUT2D eigenvalue weighted by Gasteiger charge is -2.15. The maximum absolute atomic E-state index is 6.13. The standard InChI is InChI=1S/C16H15Br2Cl/c17-15-7-5-12(6-8-15)9-13(11-19)10-14-3-1-2-4-16(14)18/h1-8,13H,9-11H2. The van der Waals surface area contributed by atoms with Crippen LogP contribution in [0.25, 0.3) is 0 Å². The Bertz CT molecular complexity index is 523. The van der Waals surface area contributed by atoms with E-state index in [1.165, 1.54) is 15.6 Å². The lowest BCUT2D eigenvalue weighted by atomic mass is 9.94. The van der Waals surface area contributed by atoms with Crippen molar-refractivity contribution in [3.05, 3.63) is 68.6 Å². The third kappa shape index (κ3) is 4.62. The van der Waals surface area contributed by atoms with E-state index in [1.807, 2.05) is 6.07 Å². The van der Waals surface area contributed by atoms with Crippen LogP contribution in [0.1, 0.15) is 11.1 Å². The van der Waals surface area contributed by atoms with Gasteiger partial charge in [0.25, 0.3) is 0 Å². The zero-order chi connectivity index (χ0) is 13.7. The van der Waals surface area contributed by atoms with Crippen LogP contribution in [-0.2, 0) is 12.8 Å². The molecule has 2 aromatic rings. The molecular formula is C16H15Br2Cl. The third-order valence-corrected chi connectivity index (χ3v) is 4.86. The van der Waals surface area contributed by atoms with Crippen LogP contribution in [0, 0.1) is 5.92 Å². The SMILES string of the molecule is ClCC(Cc1ccc(Br)cc1)Cc1ccccc1Br. The molecule has 2 aromatic carbocycles. The van der Waals surface area contributed by atoms with E-state index in [0.717, 1.165) is 17.3 Å². The summed E-state index contributed by atoms with van der Waals surface area (Å²) < 4.78 is 2.28. The van der Waals surface area contributed by atoms with E-state index in [1.54, 1.807) is 0 Å². The molecule has 0 aromatic heterocycles. The van der Waals surface area contributed by atoms with Crippen molar-refractivity contribution in [2.75, 3.05) is 5.88 Å². The number of hydrogen-bond donors (Lipinski definition) is 0. The predicted octanol–water partition coefficient (Wildman–Crippen LogP) is 5.85. The highest BCUT2D eigenvalue weighted by atomic mass is 79.9. The van der Waals surface area contributed by atoms with E-state index in [2.05, 4.69) is 74.3 Å². The number of alkyl halides is 1. The minimum Gasteiger partial charge on any atom is -0.126 e. The minimum absolute atomic E-state index is 0.460. The average molecular weight is 403 g/mol. The van der Waals surface area contributed by atoms with Gasteiger partial charge in [-0.3, -0.25) is 0 Å². The summed E-state index contributed by atoms with van der Waals surface area (Å²) in [7, 11) is 0. The van der Waals surface area contributed by atoms with E-state index in [9.17, 15) is 0 Å². The van der Waals surface area contributed by atoms with Gasteiger partial charge in [0.2, 0.25) is 0 Å². The fraction of sp³-hybridized carbons (Fsp3) is 0.250. The van der Waals surface area contributed by atoms with Crippen LogP contribution >= 0.6 is 43.5 Å². The molecule has 2 rings (SSSR count). The summed E-state index contributed by atoms with van der Waals surface area (Å²) in [6.07, 6.45) is 2.01. The van der Waals surface area contributed by atoms with E-state index >= 15 is 0 Å². The quantitative estimate of drug-likeness (QED) is 0.550. The zero-order valence-corrected chi connectivity index (χ0v) is 14.4. The first-order valence-electron chi connectivity index (χ1n) is 6.23. The molecule has 100 valence electrons. The molecule has 0 saturated carbocycles. The first-order valence-corrected chi connectivity index (χ1v) is 8.35. The summed E-state index contributed by atoms with van der Waals surface area (Å²) in [6.45, 7) is 0. The lowest BCUT2D eigenvalue weighted by molar-refractivity contribution is 0.583. The second kappa shape index (κ2) is 7.47. The van der Waals surface area contributed by atoms with Crippen molar-refractivity contribution >= 4 is 43.5 Å². The number of rotatable bonds is 5. The second-order valence-electron chi connectivity index (χ2n) is 4.65.